The van der Waals surface area contributed by atoms with Crippen molar-refractivity contribution in [1.82, 2.24) is 10.3 Å². The Morgan fingerprint density at radius 3 is 2.67 bits per heavy atom. The molecule has 0 unspecified atom stereocenters. The maximum Gasteiger partial charge on any atom is 0.148 e. The van der Waals surface area contributed by atoms with Gasteiger partial charge in [-0.3, -0.25) is 0 Å². The Morgan fingerprint density at radius 1 is 1.33 bits per heavy atom. The minimum absolute atomic E-state index is 0. The quantitative estimate of drug-likeness (QED) is 0.793. The maximum absolute atomic E-state index is 6.06. The maximum atomic E-state index is 6.06. The number of halogens is 4. The average Bonchev–Trinajstić information content (AvgIpc) is 2.65. The average molecular weight is 288 g/mol. The number of aromatic nitrogens is 1. The first kappa shape index (κ1) is 13.3. The van der Waals surface area contributed by atoms with Crippen molar-refractivity contribution in [2.24, 2.45) is 0 Å². The highest BCUT2D eigenvalue weighted by atomic mass is 35.5. The molecule has 0 saturated carbocycles. The molecule has 0 bridgehead atoms. The Morgan fingerprint density at radius 2 is 2.07 bits per heavy atom. The first-order valence-corrected chi connectivity index (χ1v) is 5.56. The molecule has 1 atom stereocenters. The molecular formula is C9H10Cl4N2. The highest BCUT2D eigenvalue weighted by molar-refractivity contribution is 6.43. The second kappa shape index (κ2) is 5.55. The summed E-state index contributed by atoms with van der Waals surface area (Å²) in [5, 5.41) is 4.70. The van der Waals surface area contributed by atoms with Crippen LogP contribution in [-0.2, 0) is 0 Å². The Bertz CT molecular complexity index is 350. The van der Waals surface area contributed by atoms with E-state index in [9.17, 15) is 0 Å². The molecule has 15 heavy (non-hydrogen) atoms. The molecule has 2 rings (SSSR count). The van der Waals surface area contributed by atoms with Crippen LogP contribution in [-0.4, -0.2) is 11.5 Å². The van der Waals surface area contributed by atoms with Crippen molar-refractivity contribution in [3.63, 3.8) is 0 Å². The van der Waals surface area contributed by atoms with Gasteiger partial charge in [0.25, 0.3) is 0 Å². The summed E-state index contributed by atoms with van der Waals surface area (Å²) in [7, 11) is 0. The zero-order chi connectivity index (χ0) is 10.1. The third-order valence-corrected chi connectivity index (χ3v) is 3.44. The van der Waals surface area contributed by atoms with E-state index in [1.807, 2.05) is 0 Å². The van der Waals surface area contributed by atoms with E-state index in [2.05, 4.69) is 10.3 Å². The van der Waals surface area contributed by atoms with E-state index < -0.39 is 0 Å². The molecule has 6 heteroatoms. The van der Waals surface area contributed by atoms with Gasteiger partial charge in [-0.05, 0) is 19.4 Å². The van der Waals surface area contributed by atoms with Crippen molar-refractivity contribution in [2.75, 3.05) is 6.54 Å². The molecule has 1 aromatic rings. The molecule has 0 spiro atoms. The van der Waals surface area contributed by atoms with Crippen molar-refractivity contribution in [3.8, 4) is 0 Å². The van der Waals surface area contributed by atoms with E-state index in [0.29, 0.717) is 15.2 Å². The van der Waals surface area contributed by atoms with Crippen LogP contribution >= 0.6 is 47.2 Å². The van der Waals surface area contributed by atoms with Gasteiger partial charge >= 0.3 is 0 Å². The van der Waals surface area contributed by atoms with Gasteiger partial charge < -0.3 is 5.32 Å². The highest BCUT2D eigenvalue weighted by Crippen LogP contribution is 2.37. The molecule has 0 aliphatic carbocycles. The van der Waals surface area contributed by atoms with Gasteiger partial charge in [0.15, 0.2) is 0 Å². The van der Waals surface area contributed by atoms with Crippen LogP contribution in [0.5, 0.6) is 0 Å². The van der Waals surface area contributed by atoms with Crippen molar-refractivity contribution in [1.29, 1.82) is 0 Å². The van der Waals surface area contributed by atoms with Crippen molar-refractivity contribution in [2.45, 2.75) is 18.9 Å². The zero-order valence-corrected chi connectivity index (χ0v) is 10.8. The number of nitrogens with zero attached hydrogens (tertiary/aromatic N) is 1. The van der Waals surface area contributed by atoms with Crippen LogP contribution in [0.25, 0.3) is 0 Å². The van der Waals surface area contributed by atoms with Crippen LogP contribution in [0.4, 0.5) is 0 Å². The van der Waals surface area contributed by atoms with Gasteiger partial charge in [-0.1, -0.05) is 34.8 Å². The molecule has 1 aliphatic rings. The summed E-state index contributed by atoms with van der Waals surface area (Å²) < 4.78 is 0. The molecule has 1 aliphatic heterocycles. The van der Waals surface area contributed by atoms with Crippen LogP contribution in [0.1, 0.15) is 24.4 Å². The molecule has 84 valence electrons. The number of nitrogens with one attached hydrogen (secondary N) is 1. The monoisotopic (exact) mass is 286 g/mol. The molecular weight excluding hydrogens is 278 g/mol. The molecule has 1 fully saturated rings. The molecule has 0 aromatic carbocycles. The van der Waals surface area contributed by atoms with Crippen molar-refractivity contribution < 1.29 is 0 Å². The van der Waals surface area contributed by atoms with Crippen molar-refractivity contribution in [3.05, 3.63) is 27.0 Å². The smallest absolute Gasteiger partial charge is 0.148 e. The second-order valence-electron chi connectivity index (χ2n) is 3.27. The number of hydrogen-bond donors (Lipinski definition) is 1. The Balaban J connectivity index is 0.00000112. The van der Waals surface area contributed by atoms with Crippen LogP contribution in [0, 0.1) is 0 Å². The summed E-state index contributed by atoms with van der Waals surface area (Å²) in [6.45, 7) is 0.997. The van der Waals surface area contributed by atoms with Gasteiger partial charge in [-0.25, -0.2) is 4.98 Å². The first-order chi connectivity index (χ1) is 6.70. The zero-order valence-electron chi connectivity index (χ0n) is 7.77. The number of pyridine rings is 1. The second-order valence-corrected chi connectivity index (χ2v) is 4.42. The largest absolute Gasteiger partial charge is 0.310 e. The van der Waals surface area contributed by atoms with E-state index in [4.69, 9.17) is 34.8 Å². The van der Waals surface area contributed by atoms with Crippen LogP contribution < -0.4 is 5.32 Å². The lowest BCUT2D eigenvalue weighted by atomic mass is 10.1. The van der Waals surface area contributed by atoms with Gasteiger partial charge in [0.05, 0.1) is 10.0 Å². The van der Waals surface area contributed by atoms with E-state index >= 15 is 0 Å². The van der Waals surface area contributed by atoms with Crippen LogP contribution in [0.15, 0.2) is 6.20 Å². The summed E-state index contributed by atoms with van der Waals surface area (Å²) in [4.78, 5) is 3.88. The summed E-state index contributed by atoms with van der Waals surface area (Å²) in [5.41, 5.74) is 0.880. The lowest BCUT2D eigenvalue weighted by Gasteiger charge is -2.14. The van der Waals surface area contributed by atoms with E-state index in [0.717, 1.165) is 24.9 Å². The fourth-order valence-corrected chi connectivity index (χ4v) is 2.46. The molecule has 0 amide bonds. The molecule has 1 aromatic heterocycles. The third-order valence-electron chi connectivity index (χ3n) is 2.37. The minimum atomic E-state index is 0. The standard InChI is InChI=1S/C9H9Cl3N2.ClH/c10-5-4-14-9(12)8(11)7(5)6-2-1-3-13-6;/h4,6,13H,1-3H2;1H/t6-;/m0./s1. The Kier molecular flexibility index (Phi) is 4.94. The predicted molar refractivity (Wildman–Crippen MR) is 66.5 cm³/mol. The van der Waals surface area contributed by atoms with Crippen LogP contribution in [0.3, 0.4) is 0 Å². The lowest BCUT2D eigenvalue weighted by Crippen LogP contribution is -2.14. The third kappa shape index (κ3) is 2.69. The fraction of sp³-hybridized carbons (Fsp3) is 0.444. The highest BCUT2D eigenvalue weighted by Gasteiger charge is 2.23. The van der Waals surface area contributed by atoms with Crippen molar-refractivity contribution >= 4 is 47.2 Å². The molecule has 1 saturated heterocycles. The lowest BCUT2D eigenvalue weighted by molar-refractivity contribution is 0.647. The fourth-order valence-electron chi connectivity index (χ4n) is 1.71. The molecule has 2 heterocycles. The predicted octanol–water partition coefficient (Wildman–Crippen LogP) is 3.89. The van der Waals surface area contributed by atoms with Gasteiger partial charge in [0, 0.05) is 17.8 Å². The van der Waals surface area contributed by atoms with E-state index in [-0.39, 0.29) is 18.4 Å². The number of rotatable bonds is 1. The topological polar surface area (TPSA) is 24.9 Å². The van der Waals surface area contributed by atoms with Crippen LogP contribution in [0.2, 0.25) is 15.2 Å². The van der Waals surface area contributed by atoms with Gasteiger partial charge in [0.2, 0.25) is 0 Å². The SMILES string of the molecule is Cl.Clc1cnc(Cl)c(Cl)c1[C@@H]1CCCN1. The van der Waals surface area contributed by atoms with Gasteiger partial charge in [-0.2, -0.15) is 0 Å². The van der Waals surface area contributed by atoms with Gasteiger partial charge in [-0.15, -0.1) is 12.4 Å². The first-order valence-electron chi connectivity index (χ1n) is 4.43. The Hall–Kier alpha value is 0.270. The molecule has 1 N–H and O–H groups in total. The summed E-state index contributed by atoms with van der Waals surface area (Å²) in [5.74, 6) is 0. The normalized spacial score (nSPS) is 20.1. The summed E-state index contributed by atoms with van der Waals surface area (Å²) in [6.07, 6.45) is 3.72. The minimum Gasteiger partial charge on any atom is -0.310 e. The summed E-state index contributed by atoms with van der Waals surface area (Å²) >= 11 is 17.9. The molecule has 0 radical (unpaired) electrons. The number of hydrogen-bond acceptors (Lipinski definition) is 2. The molecule has 2 nitrogen and oxygen atoms in total. The van der Waals surface area contributed by atoms with E-state index in [1.165, 1.54) is 0 Å². The summed E-state index contributed by atoms with van der Waals surface area (Å²) in [6, 6.07) is 0.218. The van der Waals surface area contributed by atoms with E-state index in [1.54, 1.807) is 6.20 Å². The van der Waals surface area contributed by atoms with Gasteiger partial charge in [0.1, 0.15) is 5.15 Å². The Labute approximate surface area is 110 Å².